The van der Waals surface area contributed by atoms with Crippen LogP contribution in [0.5, 0.6) is 5.75 Å². The molecule has 122 valence electrons. The molecule has 1 aromatic heterocycles. The summed E-state index contributed by atoms with van der Waals surface area (Å²) >= 11 is 4.69. The maximum Gasteiger partial charge on any atom is 0.264 e. The van der Waals surface area contributed by atoms with E-state index in [4.69, 9.17) is 4.74 Å². The van der Waals surface area contributed by atoms with Gasteiger partial charge >= 0.3 is 0 Å². The number of amides is 2. The molecule has 1 aromatic carbocycles. The zero-order valence-electron chi connectivity index (χ0n) is 12.8. The Morgan fingerprint density at radius 2 is 1.91 bits per heavy atom. The maximum absolute atomic E-state index is 12.4. The van der Waals surface area contributed by atoms with Crippen molar-refractivity contribution in [3.63, 3.8) is 0 Å². The first kappa shape index (κ1) is 17.5. The van der Waals surface area contributed by atoms with E-state index < -0.39 is 0 Å². The number of halogens is 1. The van der Waals surface area contributed by atoms with Crippen molar-refractivity contribution >= 4 is 44.8 Å². The Bertz CT molecular complexity index is 685. The minimum Gasteiger partial charge on any atom is -0.497 e. The van der Waals surface area contributed by atoms with E-state index in [1.807, 2.05) is 13.0 Å². The highest BCUT2D eigenvalue weighted by Gasteiger charge is 2.19. The van der Waals surface area contributed by atoms with Crippen LogP contribution in [0.2, 0.25) is 0 Å². The van der Waals surface area contributed by atoms with Gasteiger partial charge in [0.2, 0.25) is 5.91 Å². The molecule has 0 fully saturated rings. The van der Waals surface area contributed by atoms with Gasteiger partial charge in [0.1, 0.15) is 12.3 Å². The number of ether oxygens (including phenoxy) is 1. The summed E-state index contributed by atoms with van der Waals surface area (Å²) < 4.78 is 5.96. The Kier molecular flexibility index (Phi) is 6.18. The van der Waals surface area contributed by atoms with Gasteiger partial charge in [0.25, 0.3) is 5.91 Å². The molecule has 7 heteroatoms. The van der Waals surface area contributed by atoms with E-state index in [-0.39, 0.29) is 18.4 Å². The second-order valence-electron chi connectivity index (χ2n) is 4.70. The van der Waals surface area contributed by atoms with Crippen LogP contribution in [0.15, 0.2) is 40.2 Å². The standard InChI is InChI=1S/C16H17BrN2O3S/c1-3-19(16(21)13-8-9-14(17)23-13)10-15(20)18-11-4-6-12(22-2)7-5-11/h4-9H,3,10H2,1-2H3,(H,18,20). The van der Waals surface area contributed by atoms with Gasteiger partial charge in [0.05, 0.1) is 15.8 Å². The fourth-order valence-electron chi connectivity index (χ4n) is 1.96. The molecule has 2 aromatic rings. The summed E-state index contributed by atoms with van der Waals surface area (Å²) in [6.45, 7) is 2.32. The molecule has 0 bridgehead atoms. The van der Waals surface area contributed by atoms with Gasteiger partial charge in [-0.3, -0.25) is 9.59 Å². The fraction of sp³-hybridized carbons (Fsp3) is 0.250. The number of nitrogens with zero attached hydrogens (tertiary/aromatic N) is 1. The number of rotatable bonds is 6. The van der Waals surface area contributed by atoms with Gasteiger partial charge in [-0.15, -0.1) is 11.3 Å². The highest BCUT2D eigenvalue weighted by molar-refractivity contribution is 9.11. The molecule has 1 heterocycles. The third-order valence-corrected chi connectivity index (χ3v) is 4.77. The summed E-state index contributed by atoms with van der Waals surface area (Å²) in [6, 6.07) is 10.6. The van der Waals surface area contributed by atoms with Crippen molar-refractivity contribution in [1.29, 1.82) is 0 Å². The van der Waals surface area contributed by atoms with Crippen molar-refractivity contribution in [2.75, 3.05) is 25.5 Å². The Morgan fingerprint density at radius 3 is 2.43 bits per heavy atom. The molecule has 0 aliphatic rings. The van der Waals surface area contributed by atoms with E-state index in [1.54, 1.807) is 37.4 Å². The molecule has 0 saturated heterocycles. The number of benzene rings is 1. The topological polar surface area (TPSA) is 58.6 Å². The van der Waals surface area contributed by atoms with Crippen LogP contribution in [0.3, 0.4) is 0 Å². The zero-order chi connectivity index (χ0) is 16.8. The van der Waals surface area contributed by atoms with Crippen molar-refractivity contribution in [2.45, 2.75) is 6.92 Å². The van der Waals surface area contributed by atoms with Crippen LogP contribution in [-0.2, 0) is 4.79 Å². The van der Waals surface area contributed by atoms with Crippen molar-refractivity contribution in [1.82, 2.24) is 4.90 Å². The molecular formula is C16H17BrN2O3S. The quantitative estimate of drug-likeness (QED) is 0.810. The van der Waals surface area contributed by atoms with Crippen LogP contribution in [0, 0.1) is 0 Å². The van der Waals surface area contributed by atoms with E-state index in [0.717, 1.165) is 9.54 Å². The largest absolute Gasteiger partial charge is 0.497 e. The van der Waals surface area contributed by atoms with Crippen LogP contribution in [-0.4, -0.2) is 36.9 Å². The van der Waals surface area contributed by atoms with Gasteiger partial charge in [-0.2, -0.15) is 0 Å². The molecule has 5 nitrogen and oxygen atoms in total. The average molecular weight is 397 g/mol. The Hall–Kier alpha value is -1.86. The molecule has 0 saturated carbocycles. The van der Waals surface area contributed by atoms with Crippen molar-refractivity contribution in [3.8, 4) is 5.75 Å². The summed E-state index contributed by atoms with van der Waals surface area (Å²) in [5.74, 6) is 0.339. The smallest absolute Gasteiger partial charge is 0.264 e. The SMILES string of the molecule is CCN(CC(=O)Nc1ccc(OC)cc1)C(=O)c1ccc(Br)s1. The highest BCUT2D eigenvalue weighted by Crippen LogP contribution is 2.23. The third-order valence-electron chi connectivity index (χ3n) is 3.16. The average Bonchev–Trinajstić information content (AvgIpc) is 2.99. The van der Waals surface area contributed by atoms with E-state index in [1.165, 1.54) is 16.2 Å². The third kappa shape index (κ3) is 4.80. The summed E-state index contributed by atoms with van der Waals surface area (Å²) in [5, 5.41) is 2.78. The number of thiophene rings is 1. The maximum atomic E-state index is 12.4. The number of likely N-dealkylation sites (N-methyl/N-ethyl adjacent to an activating group) is 1. The number of methoxy groups -OCH3 is 1. The predicted octanol–water partition coefficient (Wildman–Crippen LogP) is 3.62. The van der Waals surface area contributed by atoms with Crippen LogP contribution in [0.4, 0.5) is 5.69 Å². The lowest BCUT2D eigenvalue weighted by Crippen LogP contribution is -2.37. The van der Waals surface area contributed by atoms with Gasteiger partial charge in [-0.25, -0.2) is 0 Å². The second kappa shape index (κ2) is 8.12. The van der Waals surface area contributed by atoms with Gasteiger partial charge in [0, 0.05) is 12.2 Å². The van der Waals surface area contributed by atoms with Crippen molar-refractivity contribution in [3.05, 3.63) is 45.1 Å². The molecule has 0 aliphatic carbocycles. The lowest BCUT2D eigenvalue weighted by atomic mass is 10.3. The first-order valence-electron chi connectivity index (χ1n) is 7.02. The first-order valence-corrected chi connectivity index (χ1v) is 8.63. The van der Waals surface area contributed by atoms with Crippen LogP contribution >= 0.6 is 27.3 Å². The summed E-state index contributed by atoms with van der Waals surface area (Å²) in [6.07, 6.45) is 0. The van der Waals surface area contributed by atoms with E-state index >= 15 is 0 Å². The van der Waals surface area contributed by atoms with Crippen molar-refractivity contribution in [2.24, 2.45) is 0 Å². The van der Waals surface area contributed by atoms with E-state index in [2.05, 4.69) is 21.2 Å². The summed E-state index contributed by atoms with van der Waals surface area (Å²) in [7, 11) is 1.58. The molecule has 2 amide bonds. The summed E-state index contributed by atoms with van der Waals surface area (Å²) in [5.41, 5.74) is 0.665. The Morgan fingerprint density at radius 1 is 1.22 bits per heavy atom. The molecular weight excluding hydrogens is 380 g/mol. The van der Waals surface area contributed by atoms with E-state index in [0.29, 0.717) is 17.1 Å². The van der Waals surface area contributed by atoms with Crippen molar-refractivity contribution < 1.29 is 14.3 Å². The number of carbonyl (C=O) groups excluding carboxylic acids is 2. The molecule has 0 unspecified atom stereocenters. The molecule has 0 atom stereocenters. The van der Waals surface area contributed by atoms with Gasteiger partial charge in [-0.1, -0.05) is 0 Å². The van der Waals surface area contributed by atoms with Crippen LogP contribution in [0.1, 0.15) is 16.6 Å². The first-order chi connectivity index (χ1) is 11.0. The monoisotopic (exact) mass is 396 g/mol. The molecule has 23 heavy (non-hydrogen) atoms. The van der Waals surface area contributed by atoms with E-state index in [9.17, 15) is 9.59 Å². The normalized spacial score (nSPS) is 10.2. The van der Waals surface area contributed by atoms with Crippen LogP contribution < -0.4 is 10.1 Å². The molecule has 1 N–H and O–H groups in total. The van der Waals surface area contributed by atoms with Gasteiger partial charge in [0.15, 0.2) is 0 Å². The highest BCUT2D eigenvalue weighted by atomic mass is 79.9. The second-order valence-corrected chi connectivity index (χ2v) is 7.16. The number of nitrogens with one attached hydrogen (secondary N) is 1. The fourth-order valence-corrected chi connectivity index (χ4v) is 3.31. The lowest BCUT2D eigenvalue weighted by molar-refractivity contribution is -0.116. The predicted molar refractivity (Wildman–Crippen MR) is 95.2 cm³/mol. The number of hydrogen-bond acceptors (Lipinski definition) is 4. The van der Waals surface area contributed by atoms with Gasteiger partial charge < -0.3 is 15.0 Å². The Balaban J connectivity index is 1.97. The summed E-state index contributed by atoms with van der Waals surface area (Å²) in [4.78, 5) is 26.6. The number of anilines is 1. The number of carbonyl (C=O) groups is 2. The molecule has 0 spiro atoms. The Labute approximate surface area is 147 Å². The van der Waals surface area contributed by atoms with Crippen LogP contribution in [0.25, 0.3) is 0 Å². The molecule has 0 aliphatic heterocycles. The van der Waals surface area contributed by atoms with Gasteiger partial charge in [-0.05, 0) is 59.3 Å². The minimum absolute atomic E-state index is 0.0108. The molecule has 0 radical (unpaired) electrons. The molecule has 2 rings (SSSR count). The number of hydrogen-bond donors (Lipinski definition) is 1. The zero-order valence-corrected chi connectivity index (χ0v) is 15.2. The lowest BCUT2D eigenvalue weighted by Gasteiger charge is -2.19. The minimum atomic E-state index is -0.235.